The van der Waals surface area contributed by atoms with E-state index in [4.69, 9.17) is 5.84 Å². The minimum absolute atomic E-state index is 0. The molecule has 1 aromatic carbocycles. The van der Waals surface area contributed by atoms with E-state index in [1.165, 1.54) is 23.0 Å². The first kappa shape index (κ1) is 17.7. The summed E-state index contributed by atoms with van der Waals surface area (Å²) in [6, 6.07) is 2.38. The number of nitro benzene ring substituents is 1. The predicted molar refractivity (Wildman–Crippen MR) is 85.8 cm³/mol. The third kappa shape index (κ3) is 3.62. The number of non-ortho nitro benzene ring substituents is 1. The second-order valence-corrected chi connectivity index (χ2v) is 4.79. The van der Waals surface area contributed by atoms with Crippen molar-refractivity contribution in [2.75, 3.05) is 11.3 Å². The lowest BCUT2D eigenvalue weighted by atomic mass is 10.2. The Morgan fingerprint density at radius 2 is 2.23 bits per heavy atom. The standard InChI is InChI=1S/C10H10BrN7O3.ClH/c1-5-14-16-10(17(5)12)15-13-4-6-2-7(18(20)21)3-8(11)9(6)19;/h2-4,19H,12H2,1H3,(H,15,16);1H/b13-4+;. The van der Waals surface area contributed by atoms with Crippen LogP contribution in [0.5, 0.6) is 5.75 Å². The molecular formula is C10H11BrClN7O3. The molecule has 0 unspecified atom stereocenters. The van der Waals surface area contributed by atoms with Gasteiger partial charge in [-0.15, -0.1) is 22.6 Å². The summed E-state index contributed by atoms with van der Waals surface area (Å²) in [6.07, 6.45) is 1.21. The summed E-state index contributed by atoms with van der Waals surface area (Å²) in [7, 11) is 0. The molecule has 0 aliphatic heterocycles. The van der Waals surface area contributed by atoms with Gasteiger partial charge < -0.3 is 10.9 Å². The molecule has 22 heavy (non-hydrogen) atoms. The number of nitrogens with one attached hydrogen (secondary N) is 1. The molecule has 0 aliphatic carbocycles. The minimum atomic E-state index is -0.575. The van der Waals surface area contributed by atoms with Crippen molar-refractivity contribution in [2.24, 2.45) is 5.10 Å². The lowest BCUT2D eigenvalue weighted by Gasteiger charge is -2.02. The van der Waals surface area contributed by atoms with Crippen LogP contribution >= 0.6 is 28.3 Å². The molecule has 0 saturated carbocycles. The largest absolute Gasteiger partial charge is 0.506 e. The van der Waals surface area contributed by atoms with Crippen LogP contribution in [0.15, 0.2) is 21.7 Å². The molecule has 0 fully saturated rings. The van der Waals surface area contributed by atoms with E-state index in [2.05, 4.69) is 36.7 Å². The number of aromatic nitrogens is 3. The van der Waals surface area contributed by atoms with E-state index in [-0.39, 0.29) is 39.8 Å². The van der Waals surface area contributed by atoms with Crippen molar-refractivity contribution in [1.29, 1.82) is 0 Å². The van der Waals surface area contributed by atoms with Crippen molar-refractivity contribution in [3.05, 3.63) is 38.1 Å². The van der Waals surface area contributed by atoms with E-state index in [9.17, 15) is 15.2 Å². The Morgan fingerprint density at radius 1 is 1.55 bits per heavy atom. The molecule has 0 aliphatic rings. The van der Waals surface area contributed by atoms with Crippen molar-refractivity contribution >= 4 is 46.2 Å². The van der Waals surface area contributed by atoms with E-state index < -0.39 is 4.92 Å². The van der Waals surface area contributed by atoms with Gasteiger partial charge >= 0.3 is 0 Å². The number of halogens is 2. The number of benzene rings is 1. The highest BCUT2D eigenvalue weighted by Gasteiger charge is 2.13. The quantitative estimate of drug-likeness (QED) is 0.310. The summed E-state index contributed by atoms with van der Waals surface area (Å²) < 4.78 is 1.37. The third-order valence-corrected chi connectivity index (χ3v) is 3.13. The van der Waals surface area contributed by atoms with Gasteiger partial charge in [0, 0.05) is 17.7 Å². The molecular weight excluding hydrogens is 382 g/mol. The van der Waals surface area contributed by atoms with Crippen LogP contribution in [0, 0.1) is 17.0 Å². The molecule has 2 aromatic rings. The van der Waals surface area contributed by atoms with E-state index in [1.54, 1.807) is 6.92 Å². The molecule has 0 atom stereocenters. The molecule has 10 nitrogen and oxygen atoms in total. The average molecular weight is 393 g/mol. The predicted octanol–water partition coefficient (Wildman–Crippen LogP) is 1.54. The van der Waals surface area contributed by atoms with Crippen molar-refractivity contribution < 1.29 is 10.0 Å². The number of phenolic OH excluding ortho intramolecular Hbond substituents is 1. The smallest absolute Gasteiger partial charge is 0.271 e. The number of hydrazone groups is 1. The van der Waals surface area contributed by atoms with E-state index >= 15 is 0 Å². The highest BCUT2D eigenvalue weighted by atomic mass is 79.9. The molecule has 0 bridgehead atoms. The van der Waals surface area contributed by atoms with Gasteiger partial charge in [0.2, 0.25) is 0 Å². The Bertz CT molecular complexity index is 734. The second kappa shape index (κ2) is 7.04. The summed E-state index contributed by atoms with van der Waals surface area (Å²) >= 11 is 3.03. The van der Waals surface area contributed by atoms with Crippen LogP contribution in [-0.4, -0.2) is 31.1 Å². The zero-order valence-corrected chi connectivity index (χ0v) is 13.5. The number of nitro groups is 1. The van der Waals surface area contributed by atoms with Crippen LogP contribution in [0.25, 0.3) is 0 Å². The molecule has 0 saturated heterocycles. The highest BCUT2D eigenvalue weighted by molar-refractivity contribution is 9.10. The number of aromatic hydroxyl groups is 1. The van der Waals surface area contributed by atoms with Gasteiger partial charge in [-0.05, 0) is 22.9 Å². The summed E-state index contributed by atoms with van der Waals surface area (Å²) in [5.41, 5.74) is 2.49. The fourth-order valence-electron chi connectivity index (χ4n) is 1.41. The monoisotopic (exact) mass is 391 g/mol. The van der Waals surface area contributed by atoms with Crippen molar-refractivity contribution in [3.8, 4) is 5.75 Å². The Hall–Kier alpha value is -2.40. The molecule has 2 rings (SSSR count). The number of rotatable bonds is 4. The Kier molecular flexibility index (Phi) is 5.65. The van der Waals surface area contributed by atoms with Gasteiger partial charge in [0.1, 0.15) is 5.75 Å². The number of phenols is 1. The molecule has 0 spiro atoms. The number of nitrogens with zero attached hydrogens (tertiary/aromatic N) is 5. The van der Waals surface area contributed by atoms with E-state index in [1.807, 2.05) is 0 Å². The maximum absolute atomic E-state index is 10.8. The van der Waals surface area contributed by atoms with Crippen molar-refractivity contribution in [2.45, 2.75) is 6.92 Å². The van der Waals surface area contributed by atoms with Gasteiger partial charge in [-0.1, -0.05) is 0 Å². The third-order valence-electron chi connectivity index (χ3n) is 2.52. The first-order valence-electron chi connectivity index (χ1n) is 5.53. The lowest BCUT2D eigenvalue weighted by Crippen LogP contribution is -2.13. The molecule has 1 aromatic heterocycles. The molecule has 0 amide bonds. The van der Waals surface area contributed by atoms with Crippen molar-refractivity contribution in [1.82, 2.24) is 14.9 Å². The summed E-state index contributed by atoms with van der Waals surface area (Å²) in [6.45, 7) is 1.66. The number of aryl methyl sites for hydroxylation is 1. The number of hydrogen-bond acceptors (Lipinski definition) is 8. The van der Waals surface area contributed by atoms with Gasteiger partial charge in [-0.2, -0.15) is 5.10 Å². The van der Waals surface area contributed by atoms with E-state index in [0.29, 0.717) is 5.82 Å². The molecule has 1 heterocycles. The normalized spacial score (nSPS) is 10.5. The summed E-state index contributed by atoms with van der Waals surface area (Å²) in [5.74, 6) is 6.11. The Balaban J connectivity index is 0.00000242. The van der Waals surface area contributed by atoms with Gasteiger partial charge in [0.15, 0.2) is 5.82 Å². The molecule has 0 radical (unpaired) electrons. The van der Waals surface area contributed by atoms with Gasteiger partial charge in [0.25, 0.3) is 11.6 Å². The van der Waals surface area contributed by atoms with Crippen LogP contribution in [0.4, 0.5) is 11.6 Å². The highest BCUT2D eigenvalue weighted by Crippen LogP contribution is 2.31. The number of hydrogen-bond donors (Lipinski definition) is 3. The number of anilines is 1. The molecule has 12 heteroatoms. The Morgan fingerprint density at radius 3 is 2.77 bits per heavy atom. The average Bonchev–Trinajstić information content (AvgIpc) is 2.75. The van der Waals surface area contributed by atoms with Crippen LogP contribution in [-0.2, 0) is 0 Å². The van der Waals surface area contributed by atoms with Crippen LogP contribution in [0.2, 0.25) is 0 Å². The maximum Gasteiger partial charge on any atom is 0.271 e. The molecule has 118 valence electrons. The van der Waals surface area contributed by atoms with Crippen LogP contribution in [0.3, 0.4) is 0 Å². The summed E-state index contributed by atoms with van der Waals surface area (Å²) in [4.78, 5) is 10.2. The first-order valence-corrected chi connectivity index (χ1v) is 6.32. The zero-order valence-electron chi connectivity index (χ0n) is 11.1. The number of nitrogen functional groups attached to an aromatic ring is 1. The summed E-state index contributed by atoms with van der Waals surface area (Å²) in [5, 5.41) is 31.8. The van der Waals surface area contributed by atoms with Crippen LogP contribution < -0.4 is 11.3 Å². The zero-order chi connectivity index (χ0) is 15.6. The molecule has 4 N–H and O–H groups in total. The lowest BCUT2D eigenvalue weighted by molar-refractivity contribution is -0.385. The fraction of sp³-hybridized carbons (Fsp3) is 0.100. The minimum Gasteiger partial charge on any atom is -0.506 e. The van der Waals surface area contributed by atoms with Gasteiger partial charge in [0.05, 0.1) is 15.6 Å². The van der Waals surface area contributed by atoms with Crippen LogP contribution in [0.1, 0.15) is 11.4 Å². The SMILES string of the molecule is Cc1nnc(N/N=C/c2cc([N+](=O)[O-])cc(Br)c2O)n1N.Cl. The Labute approximate surface area is 138 Å². The topological polar surface area (TPSA) is 144 Å². The van der Waals surface area contributed by atoms with E-state index in [0.717, 1.165) is 0 Å². The van der Waals surface area contributed by atoms with Crippen molar-refractivity contribution in [3.63, 3.8) is 0 Å². The van der Waals surface area contributed by atoms with Gasteiger partial charge in [-0.3, -0.25) is 10.1 Å². The first-order chi connectivity index (χ1) is 9.90. The number of nitrogens with two attached hydrogens (primary N) is 1. The second-order valence-electron chi connectivity index (χ2n) is 3.93. The maximum atomic E-state index is 10.8. The fourth-order valence-corrected chi connectivity index (χ4v) is 1.88. The van der Waals surface area contributed by atoms with Gasteiger partial charge in [-0.25, -0.2) is 10.1 Å².